The molecule has 1 N–H and O–H groups in total. The molecule has 24 heavy (non-hydrogen) atoms. The number of fused-ring (bicyclic) bond motifs is 1. The van der Waals surface area contributed by atoms with Crippen LogP contribution in [0.1, 0.15) is 33.1 Å². The van der Waals surface area contributed by atoms with Crippen LogP contribution >= 0.6 is 0 Å². The summed E-state index contributed by atoms with van der Waals surface area (Å²) in [6.07, 6.45) is 5.83. The third-order valence-corrected chi connectivity index (χ3v) is 6.62. The fraction of sp³-hybridized carbons (Fsp3) is 0.900. The first-order valence-corrected chi connectivity index (χ1v) is 9.68. The number of aliphatic hydroxyl groups excluding tert-OH is 1. The van der Waals surface area contributed by atoms with Crippen LogP contribution < -0.4 is 0 Å². The number of hydrogen-bond acceptors (Lipinski definition) is 4. The van der Waals surface area contributed by atoms with Crippen molar-refractivity contribution in [1.29, 1.82) is 0 Å². The van der Waals surface area contributed by atoms with Gasteiger partial charge in [-0.05, 0) is 68.6 Å². The first kappa shape index (κ1) is 18.4. The van der Waals surface area contributed by atoms with Crippen LogP contribution in [0.2, 0.25) is 0 Å². The Balaban J connectivity index is 1.34. The second-order valence-corrected chi connectivity index (χ2v) is 9.17. The molecular weight excluding hydrogens is 300 g/mol. The smallest absolute Gasteiger partial charge is 0.0900 e. The summed E-state index contributed by atoms with van der Waals surface area (Å²) in [7, 11) is 4.27. The molecule has 0 aromatic carbocycles. The molecule has 1 saturated carbocycles. The average molecular weight is 337 g/mol. The minimum absolute atomic E-state index is 0.366. The monoisotopic (exact) mass is 336 g/mol. The van der Waals surface area contributed by atoms with E-state index in [9.17, 15) is 5.11 Å². The summed E-state index contributed by atoms with van der Waals surface area (Å²) >= 11 is 0. The van der Waals surface area contributed by atoms with Crippen LogP contribution in [-0.2, 0) is 4.74 Å². The van der Waals surface area contributed by atoms with Gasteiger partial charge in [-0.2, -0.15) is 0 Å². The van der Waals surface area contributed by atoms with Gasteiger partial charge in [-0.15, -0.1) is 0 Å². The van der Waals surface area contributed by atoms with E-state index < -0.39 is 0 Å². The fourth-order valence-corrected chi connectivity index (χ4v) is 5.05. The van der Waals surface area contributed by atoms with E-state index in [4.69, 9.17) is 4.74 Å². The van der Waals surface area contributed by atoms with Crippen LogP contribution in [0.3, 0.4) is 0 Å². The Morgan fingerprint density at radius 1 is 1.42 bits per heavy atom. The molecule has 2 bridgehead atoms. The van der Waals surface area contributed by atoms with E-state index in [-0.39, 0.29) is 6.10 Å². The van der Waals surface area contributed by atoms with Gasteiger partial charge >= 0.3 is 0 Å². The van der Waals surface area contributed by atoms with E-state index >= 15 is 0 Å². The Hall–Kier alpha value is -0.420. The summed E-state index contributed by atoms with van der Waals surface area (Å²) in [5.41, 5.74) is 1.94. The number of ether oxygens (including phenoxy) is 1. The number of aliphatic hydroxyl groups is 1. The first-order valence-electron chi connectivity index (χ1n) is 9.68. The molecule has 4 heteroatoms. The van der Waals surface area contributed by atoms with Gasteiger partial charge in [0.1, 0.15) is 0 Å². The second kappa shape index (κ2) is 7.45. The van der Waals surface area contributed by atoms with E-state index in [1.54, 1.807) is 0 Å². The third-order valence-electron chi connectivity index (χ3n) is 6.62. The van der Waals surface area contributed by atoms with Crippen molar-refractivity contribution >= 4 is 0 Å². The Morgan fingerprint density at radius 3 is 2.88 bits per heavy atom. The molecule has 4 atom stereocenters. The third kappa shape index (κ3) is 4.04. The maximum Gasteiger partial charge on any atom is 0.0900 e. The minimum Gasteiger partial charge on any atom is -0.389 e. The number of nitrogens with zero attached hydrogens (tertiary/aromatic N) is 2. The second-order valence-electron chi connectivity index (χ2n) is 9.17. The number of rotatable bonds is 8. The molecule has 0 radical (unpaired) electrons. The van der Waals surface area contributed by atoms with Gasteiger partial charge in [0, 0.05) is 19.6 Å². The Labute approximate surface area is 147 Å². The van der Waals surface area contributed by atoms with Crippen molar-refractivity contribution in [3.63, 3.8) is 0 Å². The van der Waals surface area contributed by atoms with Crippen molar-refractivity contribution in [3.05, 3.63) is 11.6 Å². The summed E-state index contributed by atoms with van der Waals surface area (Å²) in [4.78, 5) is 4.65. The van der Waals surface area contributed by atoms with Gasteiger partial charge < -0.3 is 19.6 Å². The number of β-amino-alcohol motifs (C(OH)–C–C–N with tert-alkyl or cyclic N) is 1. The van der Waals surface area contributed by atoms with Crippen LogP contribution in [0.25, 0.3) is 0 Å². The molecule has 4 aliphatic rings. The standard InChI is InChI=1S/C20H36N2O2/c1-20(2)17-6-5-16(19(20)9-17)13-24-14-18(23)12-22-8-7-15(11-22)10-21(3)4/h5,15,17-19,23H,6-14H2,1-4H3. The molecule has 4 unspecified atom stereocenters. The lowest BCUT2D eigenvalue weighted by atomic mass is 9.49. The Bertz CT molecular complexity index is 461. The van der Waals surface area contributed by atoms with Gasteiger partial charge in [-0.25, -0.2) is 0 Å². The molecule has 1 aliphatic heterocycles. The van der Waals surface area contributed by atoms with Gasteiger partial charge in [0.25, 0.3) is 0 Å². The molecule has 0 aromatic rings. The summed E-state index contributed by atoms with van der Waals surface area (Å²) in [5, 5.41) is 10.3. The number of likely N-dealkylation sites (tertiary alicyclic amines) is 1. The normalized spacial score (nSPS) is 33.4. The molecular formula is C20H36N2O2. The lowest BCUT2D eigenvalue weighted by Crippen LogP contribution is -2.48. The van der Waals surface area contributed by atoms with Crippen LogP contribution in [0.4, 0.5) is 0 Å². The van der Waals surface area contributed by atoms with Gasteiger partial charge in [-0.3, -0.25) is 0 Å². The highest BCUT2D eigenvalue weighted by atomic mass is 16.5. The van der Waals surface area contributed by atoms with Crippen LogP contribution in [0.15, 0.2) is 11.6 Å². The molecule has 0 aromatic heterocycles. The summed E-state index contributed by atoms with van der Waals surface area (Å²) in [5.74, 6) is 2.33. The lowest BCUT2D eigenvalue weighted by Gasteiger charge is -2.56. The molecule has 1 saturated heterocycles. The van der Waals surface area contributed by atoms with Crippen LogP contribution in [-0.4, -0.2) is 74.5 Å². The Kier molecular flexibility index (Phi) is 5.70. The first-order chi connectivity index (χ1) is 11.4. The van der Waals surface area contributed by atoms with Gasteiger partial charge in [0.15, 0.2) is 0 Å². The molecule has 0 spiro atoms. The van der Waals surface area contributed by atoms with Gasteiger partial charge in [0.05, 0.1) is 19.3 Å². The highest BCUT2D eigenvalue weighted by molar-refractivity contribution is 5.23. The van der Waals surface area contributed by atoms with Gasteiger partial charge in [0.2, 0.25) is 0 Å². The van der Waals surface area contributed by atoms with E-state index in [1.807, 2.05) is 0 Å². The molecule has 0 amide bonds. The van der Waals surface area contributed by atoms with Crippen molar-refractivity contribution in [2.75, 3.05) is 53.5 Å². The zero-order valence-electron chi connectivity index (χ0n) is 16.0. The van der Waals surface area contributed by atoms with E-state index in [0.29, 0.717) is 24.5 Å². The van der Waals surface area contributed by atoms with Crippen molar-refractivity contribution in [2.24, 2.45) is 23.2 Å². The molecule has 138 valence electrons. The average Bonchev–Trinajstić information content (AvgIpc) is 2.93. The molecule has 4 nitrogen and oxygen atoms in total. The zero-order chi connectivity index (χ0) is 17.3. The van der Waals surface area contributed by atoms with Crippen molar-refractivity contribution in [1.82, 2.24) is 9.80 Å². The summed E-state index contributed by atoms with van der Waals surface area (Å²) in [6.45, 7) is 10.1. The highest BCUT2D eigenvalue weighted by Crippen LogP contribution is 2.59. The van der Waals surface area contributed by atoms with E-state index in [2.05, 4.69) is 43.8 Å². The maximum atomic E-state index is 10.3. The SMILES string of the molecule is CN(C)CC1CCN(CC(O)COCC2=CCC3CC2C3(C)C)C1. The summed E-state index contributed by atoms with van der Waals surface area (Å²) in [6, 6.07) is 0. The predicted octanol–water partition coefficient (Wildman–Crippen LogP) is 2.24. The zero-order valence-corrected chi connectivity index (χ0v) is 16.0. The number of allylic oxidation sites excluding steroid dienone is 1. The molecule has 4 rings (SSSR count). The van der Waals surface area contributed by atoms with E-state index in [1.165, 1.54) is 24.8 Å². The lowest BCUT2D eigenvalue weighted by molar-refractivity contribution is -0.0257. The molecule has 3 aliphatic carbocycles. The molecule has 1 heterocycles. The minimum atomic E-state index is -0.366. The van der Waals surface area contributed by atoms with Crippen molar-refractivity contribution in [2.45, 2.75) is 39.2 Å². The van der Waals surface area contributed by atoms with E-state index in [0.717, 1.165) is 38.0 Å². The Morgan fingerprint density at radius 2 is 2.21 bits per heavy atom. The fourth-order valence-electron chi connectivity index (χ4n) is 5.05. The predicted molar refractivity (Wildman–Crippen MR) is 98.0 cm³/mol. The van der Waals surface area contributed by atoms with Gasteiger partial charge in [-0.1, -0.05) is 19.9 Å². The quantitative estimate of drug-likeness (QED) is 0.690. The van der Waals surface area contributed by atoms with Crippen molar-refractivity contribution in [3.8, 4) is 0 Å². The van der Waals surface area contributed by atoms with Crippen LogP contribution in [0.5, 0.6) is 0 Å². The maximum absolute atomic E-state index is 10.3. The highest BCUT2D eigenvalue weighted by Gasteiger charge is 2.50. The molecule has 2 fully saturated rings. The van der Waals surface area contributed by atoms with Crippen molar-refractivity contribution < 1.29 is 9.84 Å². The van der Waals surface area contributed by atoms with Crippen LogP contribution in [0, 0.1) is 23.2 Å². The largest absolute Gasteiger partial charge is 0.389 e. The topological polar surface area (TPSA) is 35.9 Å². The number of hydrogen-bond donors (Lipinski definition) is 1. The summed E-state index contributed by atoms with van der Waals surface area (Å²) < 4.78 is 5.87.